The molecule has 7 nitrogen and oxygen atoms in total. The van der Waals surface area contributed by atoms with Crippen LogP contribution in [0.25, 0.3) is 0 Å². The van der Waals surface area contributed by atoms with Gasteiger partial charge in [0.15, 0.2) is 0 Å². The number of nitrogen functional groups attached to an aromatic ring is 1. The summed E-state index contributed by atoms with van der Waals surface area (Å²) in [5.41, 5.74) is 4.21. The third-order valence-electron chi connectivity index (χ3n) is 3.98. The molecule has 0 aliphatic heterocycles. The molecule has 0 aromatic heterocycles. The lowest BCUT2D eigenvalue weighted by atomic mass is 10.0. The fourth-order valence-electron chi connectivity index (χ4n) is 2.74. The number of carbonyl (C=O) groups excluding carboxylic acids is 1. The molecule has 120 valence electrons. The van der Waals surface area contributed by atoms with Gasteiger partial charge >= 0.3 is 0 Å². The van der Waals surface area contributed by atoms with Crippen LogP contribution in [0.5, 0.6) is 0 Å². The average Bonchev–Trinajstić information content (AvgIpc) is 3.00. The number of amides is 1. The van der Waals surface area contributed by atoms with Crippen LogP contribution in [0.4, 0.5) is 15.8 Å². The van der Waals surface area contributed by atoms with Crippen LogP contribution in [0, 0.1) is 21.8 Å². The second-order valence-electron chi connectivity index (χ2n) is 5.47. The molecular weight excluding hydrogens is 293 g/mol. The highest BCUT2D eigenvalue weighted by molar-refractivity contribution is 6.01. The van der Waals surface area contributed by atoms with Gasteiger partial charge in [0.25, 0.3) is 11.6 Å². The minimum Gasteiger partial charge on any atom is -0.393 e. The van der Waals surface area contributed by atoms with E-state index < -0.39 is 28.4 Å². The van der Waals surface area contributed by atoms with Crippen molar-refractivity contribution in [3.05, 3.63) is 33.6 Å². The minimum absolute atomic E-state index is 0.00719. The Kier molecular flexibility index (Phi) is 4.92. The number of hydrogen-bond donors (Lipinski definition) is 3. The molecule has 1 amide bonds. The first kappa shape index (κ1) is 16.2. The number of aliphatic hydroxyl groups is 1. The van der Waals surface area contributed by atoms with E-state index in [0.717, 1.165) is 31.7 Å². The normalized spacial score (nSPS) is 16.5. The molecule has 1 atom stereocenters. The summed E-state index contributed by atoms with van der Waals surface area (Å²) in [6, 6.07) is 1.51. The van der Waals surface area contributed by atoms with E-state index in [-0.39, 0.29) is 23.7 Å². The SMILES string of the molecule is Nc1c(C(=O)NCC(O)C2CCCC2)cc(F)cc1[N+](=O)[O-]. The Morgan fingerprint density at radius 3 is 2.73 bits per heavy atom. The van der Waals surface area contributed by atoms with Crippen molar-refractivity contribution in [2.24, 2.45) is 5.92 Å². The highest BCUT2D eigenvalue weighted by Crippen LogP contribution is 2.28. The fourth-order valence-corrected chi connectivity index (χ4v) is 2.74. The number of aliphatic hydroxyl groups excluding tert-OH is 1. The van der Waals surface area contributed by atoms with Crippen LogP contribution in [-0.2, 0) is 0 Å². The van der Waals surface area contributed by atoms with Gasteiger partial charge in [-0.05, 0) is 24.8 Å². The summed E-state index contributed by atoms with van der Waals surface area (Å²) in [5, 5.41) is 23.2. The lowest BCUT2D eigenvalue weighted by molar-refractivity contribution is -0.384. The number of nitrogens with zero attached hydrogens (tertiary/aromatic N) is 1. The standard InChI is InChI=1S/C14H18FN3O4/c15-9-5-10(13(16)11(6-9)18(21)22)14(20)17-7-12(19)8-3-1-2-4-8/h5-6,8,12,19H,1-4,7,16H2,(H,17,20). The Morgan fingerprint density at radius 2 is 2.14 bits per heavy atom. The van der Waals surface area contributed by atoms with E-state index in [0.29, 0.717) is 6.07 Å². The van der Waals surface area contributed by atoms with Crippen molar-refractivity contribution in [3.63, 3.8) is 0 Å². The van der Waals surface area contributed by atoms with Crippen molar-refractivity contribution in [2.45, 2.75) is 31.8 Å². The molecule has 1 fully saturated rings. The zero-order chi connectivity index (χ0) is 16.3. The summed E-state index contributed by atoms with van der Waals surface area (Å²) in [6.45, 7) is 0.00719. The largest absolute Gasteiger partial charge is 0.393 e. The molecule has 0 bridgehead atoms. The van der Waals surface area contributed by atoms with E-state index in [2.05, 4.69) is 5.32 Å². The maximum atomic E-state index is 13.4. The molecule has 0 heterocycles. The van der Waals surface area contributed by atoms with Gasteiger partial charge in [0.1, 0.15) is 11.5 Å². The van der Waals surface area contributed by atoms with Crippen LogP contribution >= 0.6 is 0 Å². The average molecular weight is 311 g/mol. The zero-order valence-electron chi connectivity index (χ0n) is 11.9. The molecule has 1 aliphatic rings. The number of hydrogen-bond acceptors (Lipinski definition) is 5. The molecular formula is C14H18FN3O4. The number of rotatable bonds is 5. The second-order valence-corrected chi connectivity index (χ2v) is 5.47. The number of carbonyl (C=O) groups is 1. The molecule has 8 heteroatoms. The molecule has 1 saturated carbocycles. The Hall–Kier alpha value is -2.22. The van der Waals surface area contributed by atoms with E-state index >= 15 is 0 Å². The number of nitrogens with two attached hydrogens (primary N) is 1. The number of nitrogens with one attached hydrogen (secondary N) is 1. The van der Waals surface area contributed by atoms with Crippen molar-refractivity contribution in [3.8, 4) is 0 Å². The van der Waals surface area contributed by atoms with Gasteiger partial charge in [0, 0.05) is 6.54 Å². The van der Waals surface area contributed by atoms with Gasteiger partial charge in [-0.3, -0.25) is 14.9 Å². The highest BCUT2D eigenvalue weighted by Gasteiger charge is 2.25. The van der Waals surface area contributed by atoms with Gasteiger partial charge in [0.2, 0.25) is 0 Å². The third kappa shape index (κ3) is 3.51. The van der Waals surface area contributed by atoms with Crippen LogP contribution in [0.3, 0.4) is 0 Å². The maximum absolute atomic E-state index is 13.4. The predicted octanol–water partition coefficient (Wildman–Crippen LogP) is 1.60. The number of anilines is 1. The summed E-state index contributed by atoms with van der Waals surface area (Å²) < 4.78 is 13.4. The predicted molar refractivity (Wildman–Crippen MR) is 77.8 cm³/mol. The van der Waals surface area contributed by atoms with Crippen molar-refractivity contribution < 1.29 is 19.2 Å². The molecule has 0 saturated heterocycles. The van der Waals surface area contributed by atoms with Crippen molar-refractivity contribution in [1.82, 2.24) is 5.32 Å². The van der Waals surface area contributed by atoms with E-state index in [1.807, 2.05) is 0 Å². The molecule has 22 heavy (non-hydrogen) atoms. The summed E-state index contributed by atoms with van der Waals surface area (Å²) in [7, 11) is 0. The summed E-state index contributed by atoms with van der Waals surface area (Å²) in [4.78, 5) is 22.0. The van der Waals surface area contributed by atoms with Crippen molar-refractivity contribution >= 4 is 17.3 Å². The van der Waals surface area contributed by atoms with Crippen LogP contribution in [0.2, 0.25) is 0 Å². The number of benzene rings is 1. The van der Waals surface area contributed by atoms with Crippen molar-refractivity contribution in [2.75, 3.05) is 12.3 Å². The molecule has 1 aromatic rings. The first-order valence-corrected chi connectivity index (χ1v) is 7.10. The summed E-state index contributed by atoms with van der Waals surface area (Å²) >= 11 is 0. The number of nitro groups is 1. The molecule has 2 rings (SSSR count). The van der Waals surface area contributed by atoms with Gasteiger partial charge in [-0.2, -0.15) is 0 Å². The molecule has 0 spiro atoms. The van der Waals surface area contributed by atoms with Crippen LogP contribution in [0.1, 0.15) is 36.0 Å². The highest BCUT2D eigenvalue weighted by atomic mass is 19.1. The quantitative estimate of drug-likeness (QED) is 0.433. The molecule has 0 radical (unpaired) electrons. The maximum Gasteiger partial charge on any atom is 0.295 e. The summed E-state index contributed by atoms with van der Waals surface area (Å²) in [5.74, 6) is -1.51. The lowest BCUT2D eigenvalue weighted by Gasteiger charge is -2.18. The van der Waals surface area contributed by atoms with Crippen LogP contribution in [-0.4, -0.2) is 28.6 Å². The summed E-state index contributed by atoms with van der Waals surface area (Å²) in [6.07, 6.45) is 3.24. The van der Waals surface area contributed by atoms with Gasteiger partial charge in [0.05, 0.1) is 22.7 Å². The Morgan fingerprint density at radius 1 is 1.50 bits per heavy atom. The van der Waals surface area contributed by atoms with Gasteiger partial charge in [-0.15, -0.1) is 0 Å². The molecule has 4 N–H and O–H groups in total. The van der Waals surface area contributed by atoms with E-state index in [4.69, 9.17) is 5.73 Å². The van der Waals surface area contributed by atoms with Gasteiger partial charge in [-0.25, -0.2) is 4.39 Å². The van der Waals surface area contributed by atoms with Crippen LogP contribution in [0.15, 0.2) is 12.1 Å². The van der Waals surface area contributed by atoms with Crippen LogP contribution < -0.4 is 11.1 Å². The Labute approximate surface area is 126 Å². The fraction of sp³-hybridized carbons (Fsp3) is 0.500. The molecule has 1 aliphatic carbocycles. The number of nitro benzene ring substituents is 1. The topological polar surface area (TPSA) is 118 Å². The minimum atomic E-state index is -0.914. The lowest BCUT2D eigenvalue weighted by Crippen LogP contribution is -2.36. The van der Waals surface area contributed by atoms with Gasteiger partial charge in [-0.1, -0.05) is 12.8 Å². The van der Waals surface area contributed by atoms with E-state index in [9.17, 15) is 24.4 Å². The van der Waals surface area contributed by atoms with Crippen molar-refractivity contribution in [1.29, 1.82) is 0 Å². The van der Waals surface area contributed by atoms with E-state index in [1.165, 1.54) is 0 Å². The monoisotopic (exact) mass is 311 g/mol. The van der Waals surface area contributed by atoms with E-state index in [1.54, 1.807) is 0 Å². The number of halogens is 1. The Bertz CT molecular complexity index is 588. The van der Waals surface area contributed by atoms with Gasteiger partial charge < -0.3 is 16.2 Å². The first-order chi connectivity index (χ1) is 10.4. The zero-order valence-corrected chi connectivity index (χ0v) is 11.9. The molecule has 1 unspecified atom stereocenters. The third-order valence-corrected chi connectivity index (χ3v) is 3.98. The molecule has 1 aromatic carbocycles. The smallest absolute Gasteiger partial charge is 0.295 e. The second kappa shape index (κ2) is 6.69. The first-order valence-electron chi connectivity index (χ1n) is 7.10. The Balaban J connectivity index is 2.07.